The maximum atomic E-state index is 13.8. The van der Waals surface area contributed by atoms with Gasteiger partial charge in [0, 0.05) is 11.1 Å². The van der Waals surface area contributed by atoms with Crippen LogP contribution < -0.4 is 9.47 Å². The molecular weight excluding hydrogens is 295 g/mol. The molecule has 0 saturated carbocycles. The molecule has 4 heteroatoms. The molecule has 0 fully saturated rings. The van der Waals surface area contributed by atoms with E-state index in [0.717, 1.165) is 16.5 Å². The van der Waals surface area contributed by atoms with Crippen LogP contribution in [0, 0.1) is 5.82 Å². The summed E-state index contributed by atoms with van der Waals surface area (Å²) >= 11 is 0. The van der Waals surface area contributed by atoms with Gasteiger partial charge in [0.05, 0.1) is 14.2 Å². The Balaban J connectivity index is 1.99. The predicted molar refractivity (Wildman–Crippen MR) is 86.9 cm³/mol. The summed E-state index contributed by atoms with van der Waals surface area (Å²) in [5.41, 5.74) is 0.795. The van der Waals surface area contributed by atoms with E-state index in [1.807, 2.05) is 24.3 Å². The molecule has 0 atom stereocenters. The Labute approximate surface area is 133 Å². The fourth-order valence-corrected chi connectivity index (χ4v) is 2.47. The first-order chi connectivity index (χ1) is 11.1. The van der Waals surface area contributed by atoms with Gasteiger partial charge < -0.3 is 9.47 Å². The first kappa shape index (κ1) is 15.0. The maximum Gasteiger partial charge on any atom is 0.193 e. The van der Waals surface area contributed by atoms with Crippen LogP contribution in [0.5, 0.6) is 11.5 Å². The highest BCUT2D eigenvalue weighted by molar-refractivity contribution is 6.10. The van der Waals surface area contributed by atoms with Crippen LogP contribution in [0.3, 0.4) is 0 Å². The highest BCUT2D eigenvalue weighted by Gasteiger charge is 2.13. The Morgan fingerprint density at radius 3 is 2.17 bits per heavy atom. The lowest BCUT2D eigenvalue weighted by molar-refractivity contribution is 0.103. The van der Waals surface area contributed by atoms with Crippen LogP contribution in [0.2, 0.25) is 0 Å². The summed E-state index contributed by atoms with van der Waals surface area (Å²) in [5, 5.41) is 1.90. The van der Waals surface area contributed by atoms with Crippen LogP contribution >= 0.6 is 0 Å². The summed E-state index contributed by atoms with van der Waals surface area (Å²) in [6, 6.07) is 15.2. The quantitative estimate of drug-likeness (QED) is 0.677. The van der Waals surface area contributed by atoms with Gasteiger partial charge in [-0.25, -0.2) is 4.39 Å². The lowest BCUT2D eigenvalue weighted by Gasteiger charge is -2.07. The first-order valence-corrected chi connectivity index (χ1v) is 7.08. The first-order valence-electron chi connectivity index (χ1n) is 7.08. The van der Waals surface area contributed by atoms with Gasteiger partial charge in [0.25, 0.3) is 0 Å². The van der Waals surface area contributed by atoms with Crippen LogP contribution in [-0.2, 0) is 0 Å². The Hall–Kier alpha value is -2.88. The van der Waals surface area contributed by atoms with E-state index in [9.17, 15) is 9.18 Å². The smallest absolute Gasteiger partial charge is 0.193 e. The molecule has 0 aliphatic carbocycles. The summed E-state index contributed by atoms with van der Waals surface area (Å²) in [7, 11) is 2.99. The van der Waals surface area contributed by atoms with Crippen LogP contribution in [0.25, 0.3) is 10.8 Å². The molecule has 0 amide bonds. The number of ketones is 1. The molecule has 0 heterocycles. The van der Waals surface area contributed by atoms with Crippen molar-refractivity contribution in [3.8, 4) is 11.5 Å². The van der Waals surface area contributed by atoms with Crippen molar-refractivity contribution in [2.75, 3.05) is 14.2 Å². The van der Waals surface area contributed by atoms with Gasteiger partial charge in [0.15, 0.2) is 17.3 Å². The summed E-state index contributed by atoms with van der Waals surface area (Å²) in [6.07, 6.45) is 0. The molecule has 23 heavy (non-hydrogen) atoms. The van der Waals surface area contributed by atoms with E-state index in [4.69, 9.17) is 9.47 Å². The van der Waals surface area contributed by atoms with Gasteiger partial charge in [-0.3, -0.25) is 4.79 Å². The zero-order valence-electron chi connectivity index (χ0n) is 12.8. The number of methoxy groups -OCH3 is 2. The molecule has 3 aromatic rings. The number of carbonyl (C=O) groups is 1. The van der Waals surface area contributed by atoms with Crippen molar-refractivity contribution in [1.29, 1.82) is 0 Å². The SMILES string of the molecule is COc1ccc2cc(C(=O)c3ccc(OC)c(F)c3)ccc2c1. The van der Waals surface area contributed by atoms with E-state index in [2.05, 4.69) is 0 Å². The standard InChI is InChI=1S/C19H15FO3/c1-22-16-7-5-12-9-14(4-3-13(12)10-16)19(21)15-6-8-18(23-2)17(20)11-15/h3-11H,1-2H3. The number of hydrogen-bond donors (Lipinski definition) is 0. The summed E-state index contributed by atoms with van der Waals surface area (Å²) in [5.74, 6) is 0.0918. The number of ether oxygens (including phenoxy) is 2. The summed E-state index contributed by atoms with van der Waals surface area (Å²) in [4.78, 5) is 12.5. The maximum absolute atomic E-state index is 13.8. The second-order valence-corrected chi connectivity index (χ2v) is 5.11. The lowest BCUT2D eigenvalue weighted by atomic mass is 9.99. The molecule has 0 spiro atoms. The van der Waals surface area contributed by atoms with Gasteiger partial charge >= 0.3 is 0 Å². The number of hydrogen-bond acceptors (Lipinski definition) is 3. The zero-order chi connectivity index (χ0) is 16.4. The van der Waals surface area contributed by atoms with Gasteiger partial charge in [0.1, 0.15) is 5.75 Å². The highest BCUT2D eigenvalue weighted by atomic mass is 19.1. The average molecular weight is 310 g/mol. The third-order valence-electron chi connectivity index (χ3n) is 3.72. The van der Waals surface area contributed by atoms with Gasteiger partial charge in [0.2, 0.25) is 0 Å². The fraction of sp³-hybridized carbons (Fsp3) is 0.105. The van der Waals surface area contributed by atoms with Gasteiger partial charge in [-0.2, -0.15) is 0 Å². The molecule has 0 unspecified atom stereocenters. The molecule has 116 valence electrons. The van der Waals surface area contributed by atoms with Gasteiger partial charge in [-0.1, -0.05) is 18.2 Å². The van der Waals surface area contributed by atoms with Gasteiger partial charge in [-0.15, -0.1) is 0 Å². The number of halogens is 1. The minimum Gasteiger partial charge on any atom is -0.497 e. The molecule has 3 aromatic carbocycles. The number of rotatable bonds is 4. The molecular formula is C19H15FO3. The summed E-state index contributed by atoms with van der Waals surface area (Å²) in [6.45, 7) is 0. The Bertz CT molecular complexity index is 887. The Morgan fingerprint density at radius 2 is 1.48 bits per heavy atom. The molecule has 0 bridgehead atoms. The number of carbonyl (C=O) groups excluding carboxylic acids is 1. The highest BCUT2D eigenvalue weighted by Crippen LogP contribution is 2.24. The Kier molecular flexibility index (Phi) is 3.98. The van der Waals surface area contributed by atoms with Crippen molar-refractivity contribution < 1.29 is 18.7 Å². The second-order valence-electron chi connectivity index (χ2n) is 5.11. The van der Waals surface area contributed by atoms with Crippen molar-refractivity contribution >= 4 is 16.6 Å². The van der Waals surface area contributed by atoms with Crippen molar-refractivity contribution in [2.24, 2.45) is 0 Å². The normalized spacial score (nSPS) is 10.6. The molecule has 0 aromatic heterocycles. The van der Waals surface area contributed by atoms with E-state index < -0.39 is 5.82 Å². The van der Waals surface area contributed by atoms with Gasteiger partial charge in [-0.05, 0) is 47.2 Å². The average Bonchev–Trinajstić information content (AvgIpc) is 2.60. The van der Waals surface area contributed by atoms with E-state index in [1.165, 1.54) is 19.2 Å². The van der Waals surface area contributed by atoms with Crippen LogP contribution in [-0.4, -0.2) is 20.0 Å². The van der Waals surface area contributed by atoms with Crippen LogP contribution in [0.15, 0.2) is 54.6 Å². The van der Waals surface area contributed by atoms with E-state index in [1.54, 1.807) is 25.3 Å². The molecule has 0 N–H and O–H groups in total. The lowest BCUT2D eigenvalue weighted by Crippen LogP contribution is -2.02. The van der Waals surface area contributed by atoms with Crippen molar-refractivity contribution in [2.45, 2.75) is 0 Å². The van der Waals surface area contributed by atoms with Crippen molar-refractivity contribution in [3.05, 3.63) is 71.5 Å². The molecule has 0 aliphatic rings. The summed E-state index contributed by atoms with van der Waals surface area (Å²) < 4.78 is 23.8. The second kappa shape index (κ2) is 6.08. The third-order valence-corrected chi connectivity index (χ3v) is 3.72. The van der Waals surface area contributed by atoms with E-state index in [-0.39, 0.29) is 17.1 Å². The minimum atomic E-state index is -0.552. The van der Waals surface area contributed by atoms with E-state index in [0.29, 0.717) is 5.56 Å². The van der Waals surface area contributed by atoms with Crippen LogP contribution in [0.4, 0.5) is 4.39 Å². The topological polar surface area (TPSA) is 35.5 Å². The third kappa shape index (κ3) is 2.88. The van der Waals surface area contributed by atoms with Crippen LogP contribution in [0.1, 0.15) is 15.9 Å². The Morgan fingerprint density at radius 1 is 0.826 bits per heavy atom. The van der Waals surface area contributed by atoms with Crippen molar-refractivity contribution in [3.63, 3.8) is 0 Å². The monoisotopic (exact) mass is 310 g/mol. The predicted octanol–water partition coefficient (Wildman–Crippen LogP) is 4.23. The zero-order valence-corrected chi connectivity index (χ0v) is 12.8. The molecule has 0 radical (unpaired) electrons. The molecule has 0 saturated heterocycles. The largest absolute Gasteiger partial charge is 0.497 e. The molecule has 3 rings (SSSR count). The minimum absolute atomic E-state index is 0.118. The molecule has 3 nitrogen and oxygen atoms in total. The molecule has 0 aliphatic heterocycles. The number of benzene rings is 3. The number of fused-ring (bicyclic) bond motifs is 1. The van der Waals surface area contributed by atoms with E-state index >= 15 is 0 Å². The fourth-order valence-electron chi connectivity index (χ4n) is 2.47. The van der Waals surface area contributed by atoms with Crippen molar-refractivity contribution in [1.82, 2.24) is 0 Å².